The van der Waals surface area contributed by atoms with Gasteiger partial charge in [0.05, 0.1) is 0 Å². The lowest BCUT2D eigenvalue weighted by Gasteiger charge is -2.24. The first kappa shape index (κ1) is 13.2. The highest BCUT2D eigenvalue weighted by Crippen LogP contribution is 2.39. The maximum atomic E-state index is 6.21. The molecule has 2 aromatic rings. The van der Waals surface area contributed by atoms with E-state index in [4.69, 9.17) is 23.2 Å². The lowest BCUT2D eigenvalue weighted by molar-refractivity contribution is 0.776. The smallest absolute Gasteiger partial charge is 0.225 e. The molecule has 0 bridgehead atoms. The second-order valence-electron chi connectivity index (χ2n) is 4.42. The summed E-state index contributed by atoms with van der Waals surface area (Å²) in [5, 5.41) is 3.69. The molecule has 0 spiro atoms. The Labute approximate surface area is 127 Å². The average Bonchev–Trinajstić information content (AvgIpc) is 2.77. The van der Waals surface area contributed by atoms with Gasteiger partial charge in [-0.05, 0) is 23.2 Å². The first-order valence-electron chi connectivity index (χ1n) is 6.11. The molecule has 1 aromatic heterocycles. The quantitative estimate of drug-likeness (QED) is 0.533. The Balaban J connectivity index is 2.00. The van der Waals surface area contributed by atoms with E-state index in [1.54, 1.807) is 6.08 Å². The number of nitrogens with one attached hydrogen (secondary N) is 1. The molecule has 1 N–H and O–H groups in total. The summed E-state index contributed by atoms with van der Waals surface area (Å²) < 4.78 is 0. The van der Waals surface area contributed by atoms with Crippen LogP contribution in [-0.4, -0.2) is 16.1 Å². The van der Waals surface area contributed by atoms with Gasteiger partial charge in [-0.25, -0.2) is 4.98 Å². The SMILES string of the molecule is C=CC1Nc2nc(Cl)nc(Cl)c2N1Cc1ccccc1. The van der Waals surface area contributed by atoms with Crippen molar-refractivity contribution in [1.29, 1.82) is 0 Å². The molecule has 102 valence electrons. The zero-order valence-corrected chi connectivity index (χ0v) is 12.1. The monoisotopic (exact) mass is 306 g/mol. The van der Waals surface area contributed by atoms with Crippen molar-refractivity contribution >= 4 is 34.7 Å². The molecule has 0 aliphatic carbocycles. The van der Waals surface area contributed by atoms with Crippen molar-refractivity contribution in [2.75, 3.05) is 10.2 Å². The van der Waals surface area contributed by atoms with Crippen LogP contribution in [0.15, 0.2) is 43.0 Å². The molecular weight excluding hydrogens is 295 g/mol. The summed E-state index contributed by atoms with van der Waals surface area (Å²) in [7, 11) is 0. The number of nitrogens with zero attached hydrogens (tertiary/aromatic N) is 3. The number of aromatic nitrogens is 2. The fourth-order valence-corrected chi connectivity index (χ4v) is 2.75. The zero-order valence-electron chi connectivity index (χ0n) is 10.6. The van der Waals surface area contributed by atoms with Gasteiger partial charge < -0.3 is 10.2 Å². The maximum Gasteiger partial charge on any atom is 0.225 e. The van der Waals surface area contributed by atoms with Crippen molar-refractivity contribution in [1.82, 2.24) is 9.97 Å². The molecule has 4 nitrogen and oxygen atoms in total. The summed E-state index contributed by atoms with van der Waals surface area (Å²) in [4.78, 5) is 10.2. The van der Waals surface area contributed by atoms with E-state index in [1.807, 2.05) is 18.2 Å². The van der Waals surface area contributed by atoms with Crippen molar-refractivity contribution in [2.24, 2.45) is 0 Å². The molecule has 6 heteroatoms. The zero-order chi connectivity index (χ0) is 14.1. The summed E-state index contributed by atoms with van der Waals surface area (Å²) in [5.41, 5.74) is 1.92. The molecule has 2 heterocycles. The number of rotatable bonds is 3. The Kier molecular flexibility index (Phi) is 3.51. The summed E-state index contributed by atoms with van der Waals surface area (Å²) in [6.45, 7) is 4.52. The predicted octanol–water partition coefficient (Wildman–Crippen LogP) is 3.73. The van der Waals surface area contributed by atoms with Crippen molar-refractivity contribution in [3.8, 4) is 0 Å². The fourth-order valence-electron chi connectivity index (χ4n) is 2.26. The van der Waals surface area contributed by atoms with Gasteiger partial charge in [0, 0.05) is 6.54 Å². The Bertz CT molecular complexity index is 645. The molecule has 1 unspecified atom stereocenters. The van der Waals surface area contributed by atoms with Crippen LogP contribution in [0.5, 0.6) is 0 Å². The van der Waals surface area contributed by atoms with Crippen molar-refractivity contribution in [3.63, 3.8) is 0 Å². The van der Waals surface area contributed by atoms with Crippen molar-refractivity contribution < 1.29 is 0 Å². The van der Waals surface area contributed by atoms with Crippen LogP contribution in [0.1, 0.15) is 5.56 Å². The van der Waals surface area contributed by atoms with E-state index in [-0.39, 0.29) is 11.4 Å². The van der Waals surface area contributed by atoms with Crippen LogP contribution in [0, 0.1) is 0 Å². The van der Waals surface area contributed by atoms with Crippen LogP contribution in [0.2, 0.25) is 10.4 Å². The number of benzene rings is 1. The largest absolute Gasteiger partial charge is 0.345 e. The molecule has 0 saturated heterocycles. The molecule has 1 aliphatic rings. The minimum absolute atomic E-state index is 0.0875. The first-order chi connectivity index (χ1) is 9.69. The number of halogens is 2. The molecule has 0 fully saturated rings. The summed E-state index contributed by atoms with van der Waals surface area (Å²) in [6, 6.07) is 10.1. The van der Waals surface area contributed by atoms with Gasteiger partial charge in [0.15, 0.2) is 11.0 Å². The third-order valence-electron chi connectivity index (χ3n) is 3.14. The van der Waals surface area contributed by atoms with Crippen LogP contribution in [0.25, 0.3) is 0 Å². The number of anilines is 2. The van der Waals surface area contributed by atoms with E-state index in [2.05, 4.69) is 38.9 Å². The van der Waals surface area contributed by atoms with Crippen LogP contribution in [0.4, 0.5) is 11.5 Å². The maximum absolute atomic E-state index is 6.21. The van der Waals surface area contributed by atoms with Gasteiger partial charge in [-0.3, -0.25) is 0 Å². The van der Waals surface area contributed by atoms with Gasteiger partial charge in [-0.1, -0.05) is 48.5 Å². The molecule has 0 amide bonds. The predicted molar refractivity (Wildman–Crippen MR) is 82.3 cm³/mol. The lowest BCUT2D eigenvalue weighted by atomic mass is 10.2. The van der Waals surface area contributed by atoms with Crippen LogP contribution >= 0.6 is 23.2 Å². The topological polar surface area (TPSA) is 41.1 Å². The first-order valence-corrected chi connectivity index (χ1v) is 6.87. The molecule has 3 rings (SSSR count). The standard InChI is InChI=1S/C14H12Cl2N4/c1-2-10-17-13-11(12(15)18-14(16)19-13)20(10)8-9-6-4-3-5-7-9/h2-7,10H,1,8H2,(H,17,18,19). The highest BCUT2D eigenvalue weighted by Gasteiger charge is 2.31. The Hall–Kier alpha value is -1.78. The summed E-state index contributed by atoms with van der Waals surface area (Å²) in [6.07, 6.45) is 1.71. The van der Waals surface area contributed by atoms with Gasteiger partial charge >= 0.3 is 0 Å². The third kappa shape index (κ3) is 2.32. The average molecular weight is 307 g/mol. The highest BCUT2D eigenvalue weighted by atomic mass is 35.5. The molecule has 0 radical (unpaired) electrons. The normalized spacial score (nSPS) is 16.7. The van der Waals surface area contributed by atoms with Gasteiger partial charge in [-0.2, -0.15) is 4.98 Å². The molecule has 1 aromatic carbocycles. The number of hydrogen-bond donors (Lipinski definition) is 1. The second-order valence-corrected chi connectivity index (χ2v) is 5.12. The number of fused-ring (bicyclic) bond motifs is 1. The minimum atomic E-state index is -0.0875. The van der Waals surface area contributed by atoms with E-state index >= 15 is 0 Å². The van der Waals surface area contributed by atoms with Gasteiger partial charge in [0.2, 0.25) is 5.28 Å². The van der Waals surface area contributed by atoms with Crippen LogP contribution < -0.4 is 10.2 Å². The van der Waals surface area contributed by atoms with E-state index in [9.17, 15) is 0 Å². The Morgan fingerprint density at radius 3 is 2.70 bits per heavy atom. The minimum Gasteiger partial charge on any atom is -0.345 e. The van der Waals surface area contributed by atoms with Crippen molar-refractivity contribution in [3.05, 3.63) is 59.0 Å². The van der Waals surface area contributed by atoms with Gasteiger partial charge in [-0.15, -0.1) is 0 Å². The van der Waals surface area contributed by atoms with Gasteiger partial charge in [0.1, 0.15) is 11.9 Å². The molecule has 20 heavy (non-hydrogen) atoms. The van der Waals surface area contributed by atoms with Crippen molar-refractivity contribution in [2.45, 2.75) is 12.7 Å². The van der Waals surface area contributed by atoms with Crippen LogP contribution in [-0.2, 0) is 6.54 Å². The Morgan fingerprint density at radius 2 is 2.00 bits per heavy atom. The summed E-state index contributed by atoms with van der Waals surface area (Å²) >= 11 is 12.0. The fraction of sp³-hybridized carbons (Fsp3) is 0.143. The third-order valence-corrected chi connectivity index (χ3v) is 3.57. The summed E-state index contributed by atoms with van der Waals surface area (Å²) in [5.74, 6) is 0.635. The lowest BCUT2D eigenvalue weighted by Crippen LogP contribution is -2.33. The highest BCUT2D eigenvalue weighted by molar-refractivity contribution is 6.34. The van der Waals surface area contributed by atoms with E-state index in [0.717, 1.165) is 5.69 Å². The van der Waals surface area contributed by atoms with E-state index in [1.165, 1.54) is 5.56 Å². The number of hydrogen-bond acceptors (Lipinski definition) is 4. The van der Waals surface area contributed by atoms with E-state index in [0.29, 0.717) is 17.5 Å². The molecular formula is C14H12Cl2N4. The van der Waals surface area contributed by atoms with E-state index < -0.39 is 0 Å². The molecule has 1 atom stereocenters. The second kappa shape index (κ2) is 5.31. The Morgan fingerprint density at radius 1 is 1.25 bits per heavy atom. The van der Waals surface area contributed by atoms with Crippen LogP contribution in [0.3, 0.4) is 0 Å². The molecule has 0 saturated carbocycles. The van der Waals surface area contributed by atoms with Gasteiger partial charge in [0.25, 0.3) is 0 Å². The molecule has 1 aliphatic heterocycles.